The molecule has 0 saturated carbocycles. The number of nitrogens with one attached hydrogen (secondary N) is 2. The number of nitrogens with zero attached hydrogens (tertiary/aromatic N) is 2. The Hall–Kier alpha value is -5.03. The monoisotopic (exact) mass is 574 g/mol. The number of benzene rings is 4. The predicted molar refractivity (Wildman–Crippen MR) is 182 cm³/mol. The lowest BCUT2D eigenvalue weighted by atomic mass is 9.59. The van der Waals surface area contributed by atoms with Gasteiger partial charge in [0.2, 0.25) is 0 Å². The van der Waals surface area contributed by atoms with Crippen molar-refractivity contribution in [3.8, 4) is 40.5 Å². The zero-order valence-electron chi connectivity index (χ0n) is 26.3. The molecule has 0 aliphatic carbocycles. The minimum absolute atomic E-state index is 0.145. The molecule has 44 heavy (non-hydrogen) atoms. The van der Waals surface area contributed by atoms with E-state index in [-0.39, 0.29) is 10.8 Å². The summed E-state index contributed by atoms with van der Waals surface area (Å²) in [5.74, 6) is 13.4. The van der Waals surface area contributed by atoms with Gasteiger partial charge in [-0.1, -0.05) is 87.8 Å². The zero-order chi connectivity index (χ0) is 30.9. The van der Waals surface area contributed by atoms with E-state index in [1.807, 2.05) is 48.7 Å². The van der Waals surface area contributed by atoms with Gasteiger partial charge in [-0.25, -0.2) is 10.1 Å². The van der Waals surface area contributed by atoms with E-state index in [9.17, 15) is 0 Å². The van der Waals surface area contributed by atoms with Crippen LogP contribution in [0.4, 0.5) is 5.69 Å². The van der Waals surface area contributed by atoms with Gasteiger partial charge < -0.3 is 5.43 Å². The summed E-state index contributed by atoms with van der Waals surface area (Å²) in [4.78, 5) is 0. The molecule has 1 aliphatic heterocycles. The molecule has 4 aromatic carbocycles. The first kappa shape index (κ1) is 29.1. The second-order valence-electron chi connectivity index (χ2n) is 12.7. The van der Waals surface area contributed by atoms with Crippen LogP contribution >= 0.6 is 0 Å². The molecule has 0 saturated heterocycles. The Morgan fingerprint density at radius 1 is 0.659 bits per heavy atom. The molecular weight excluding hydrogens is 536 g/mol. The van der Waals surface area contributed by atoms with Crippen LogP contribution in [0.1, 0.15) is 75.1 Å². The summed E-state index contributed by atoms with van der Waals surface area (Å²) < 4.78 is 2.13. The van der Waals surface area contributed by atoms with Crippen LogP contribution in [0.15, 0.2) is 103 Å². The molecule has 1 aliphatic rings. The fourth-order valence-electron chi connectivity index (χ4n) is 5.72. The maximum Gasteiger partial charge on any atom is 0.0687 e. The van der Waals surface area contributed by atoms with E-state index in [0.717, 1.165) is 33.6 Å². The van der Waals surface area contributed by atoms with Crippen LogP contribution in [-0.2, 0) is 10.8 Å². The first-order valence-electron chi connectivity index (χ1n) is 15.2. The second kappa shape index (κ2) is 11.6. The number of hydrazine groups is 1. The largest absolute Gasteiger partial charge is 0.321 e. The molecule has 4 nitrogen and oxygen atoms in total. The fraction of sp³-hybridized carbons (Fsp3) is 0.225. The summed E-state index contributed by atoms with van der Waals surface area (Å²) in [6, 6.07) is 33.7. The minimum atomic E-state index is -0.164. The first-order chi connectivity index (χ1) is 21.1. The topological polar surface area (TPSA) is 41.9 Å². The third-order valence-electron chi connectivity index (χ3n) is 8.86. The van der Waals surface area contributed by atoms with E-state index in [0.29, 0.717) is 6.04 Å². The van der Waals surface area contributed by atoms with Crippen molar-refractivity contribution >= 4 is 5.69 Å². The fourth-order valence-corrected chi connectivity index (χ4v) is 5.72. The van der Waals surface area contributed by atoms with Crippen LogP contribution in [-0.4, -0.2) is 15.8 Å². The summed E-state index contributed by atoms with van der Waals surface area (Å²) in [5.41, 5.74) is 16.9. The molecule has 0 spiro atoms. The molecule has 0 bridgehead atoms. The maximum atomic E-state index is 4.89. The van der Waals surface area contributed by atoms with Gasteiger partial charge in [0.05, 0.1) is 17.6 Å². The third-order valence-corrected chi connectivity index (χ3v) is 8.86. The molecule has 0 amide bonds. The van der Waals surface area contributed by atoms with Gasteiger partial charge in [0.25, 0.3) is 0 Å². The number of hydrogen-bond acceptors (Lipinski definition) is 3. The molecule has 0 radical (unpaired) electrons. The van der Waals surface area contributed by atoms with Crippen molar-refractivity contribution in [3.05, 3.63) is 137 Å². The number of hydrogen-bond donors (Lipinski definition) is 2. The summed E-state index contributed by atoms with van der Waals surface area (Å²) in [7, 11) is 0. The average molecular weight is 575 g/mol. The van der Waals surface area contributed by atoms with Crippen LogP contribution in [0, 0.1) is 23.7 Å². The Kier molecular flexibility index (Phi) is 7.64. The van der Waals surface area contributed by atoms with Crippen LogP contribution in [0.5, 0.6) is 0 Å². The second-order valence-corrected chi connectivity index (χ2v) is 12.7. The summed E-state index contributed by atoms with van der Waals surface area (Å²) >= 11 is 0. The van der Waals surface area contributed by atoms with E-state index >= 15 is 0 Å². The number of rotatable bonds is 4. The van der Waals surface area contributed by atoms with E-state index < -0.39 is 0 Å². The summed E-state index contributed by atoms with van der Waals surface area (Å²) in [6.45, 7) is 13.5. The molecule has 4 heteroatoms. The van der Waals surface area contributed by atoms with Crippen molar-refractivity contribution in [1.82, 2.24) is 15.2 Å². The third kappa shape index (κ3) is 5.53. The van der Waals surface area contributed by atoms with E-state index in [1.54, 1.807) is 0 Å². The Labute approximate surface area is 261 Å². The molecule has 2 heterocycles. The highest BCUT2D eigenvalue weighted by atomic mass is 15.4. The van der Waals surface area contributed by atoms with Gasteiger partial charge >= 0.3 is 0 Å². The van der Waals surface area contributed by atoms with Crippen LogP contribution in [0.2, 0.25) is 0 Å². The van der Waals surface area contributed by atoms with E-state index in [2.05, 4.69) is 135 Å². The van der Waals surface area contributed by atoms with Gasteiger partial charge in [0.15, 0.2) is 0 Å². The molecule has 1 aromatic heterocycles. The molecular formula is C40H38N4. The van der Waals surface area contributed by atoms with Gasteiger partial charge in [-0.15, -0.1) is 0 Å². The zero-order valence-corrected chi connectivity index (χ0v) is 26.3. The highest BCUT2D eigenvalue weighted by molar-refractivity contribution is 5.71. The Bertz CT molecular complexity index is 1940. The normalized spacial score (nSPS) is 14.0. The lowest BCUT2D eigenvalue weighted by Crippen LogP contribution is -2.46. The molecule has 0 unspecified atom stereocenters. The van der Waals surface area contributed by atoms with Crippen molar-refractivity contribution in [2.75, 3.05) is 5.43 Å². The van der Waals surface area contributed by atoms with E-state index in [4.69, 9.17) is 5.10 Å². The lowest BCUT2D eigenvalue weighted by Gasteiger charge is -2.47. The molecule has 0 atom stereocenters. The standard InChI is InChI=1S/C40H38N4/c1-28(2)42-43-34-22-19-29(20-23-34)15-16-30-11-10-12-31(25-30)17-18-32-21-24-37-36(26-32)39(3,4)40(5,6)38-35(27-41-44(37)38)33-13-8-7-9-14-33/h7-14,19-28,42-43H,1-6H3. The SMILES string of the molecule is CC(C)NNc1ccc(C#Cc2cccc(C#Cc3ccc4c(c3)C(C)(C)C(C)(C)c3c(-c5ccccc5)cnn3-4)c2)cc1. The number of fused-ring (bicyclic) bond motifs is 3. The van der Waals surface area contributed by atoms with Gasteiger partial charge in [-0.3, -0.25) is 0 Å². The van der Waals surface area contributed by atoms with Crippen molar-refractivity contribution < 1.29 is 0 Å². The number of anilines is 1. The van der Waals surface area contributed by atoms with Gasteiger partial charge in [0.1, 0.15) is 0 Å². The molecule has 0 fully saturated rings. The van der Waals surface area contributed by atoms with Crippen LogP contribution in [0.25, 0.3) is 16.8 Å². The van der Waals surface area contributed by atoms with Crippen molar-refractivity contribution in [2.45, 2.75) is 58.4 Å². The number of aromatic nitrogens is 2. The lowest BCUT2D eigenvalue weighted by molar-refractivity contribution is 0.276. The molecule has 6 rings (SSSR count). The van der Waals surface area contributed by atoms with Crippen LogP contribution in [0.3, 0.4) is 0 Å². The molecule has 218 valence electrons. The predicted octanol–water partition coefficient (Wildman–Crippen LogP) is 8.23. The quantitative estimate of drug-likeness (QED) is 0.168. The van der Waals surface area contributed by atoms with Gasteiger partial charge in [-0.2, -0.15) is 5.10 Å². The van der Waals surface area contributed by atoms with Crippen molar-refractivity contribution in [1.29, 1.82) is 0 Å². The highest BCUT2D eigenvalue weighted by Crippen LogP contribution is 2.52. The van der Waals surface area contributed by atoms with Gasteiger partial charge in [0, 0.05) is 50.4 Å². The van der Waals surface area contributed by atoms with Crippen LogP contribution < -0.4 is 10.9 Å². The Balaban J connectivity index is 1.27. The highest BCUT2D eigenvalue weighted by Gasteiger charge is 2.48. The Morgan fingerprint density at radius 2 is 1.27 bits per heavy atom. The first-order valence-corrected chi connectivity index (χ1v) is 15.2. The molecule has 2 N–H and O–H groups in total. The maximum absolute atomic E-state index is 4.89. The minimum Gasteiger partial charge on any atom is -0.321 e. The van der Waals surface area contributed by atoms with Crippen molar-refractivity contribution in [2.24, 2.45) is 0 Å². The van der Waals surface area contributed by atoms with E-state index in [1.165, 1.54) is 22.4 Å². The van der Waals surface area contributed by atoms with Crippen molar-refractivity contribution in [3.63, 3.8) is 0 Å². The van der Waals surface area contributed by atoms with Gasteiger partial charge in [-0.05, 0) is 85.6 Å². The Morgan fingerprint density at radius 3 is 1.93 bits per heavy atom. The summed E-state index contributed by atoms with van der Waals surface area (Å²) in [6.07, 6.45) is 2.01. The molecule has 5 aromatic rings. The summed E-state index contributed by atoms with van der Waals surface area (Å²) in [5, 5.41) is 4.89. The average Bonchev–Trinajstić information content (AvgIpc) is 3.49. The smallest absolute Gasteiger partial charge is 0.0687 e.